The summed E-state index contributed by atoms with van der Waals surface area (Å²) in [6.45, 7) is 2.90. The molecule has 17 heavy (non-hydrogen) atoms. The molecule has 0 aliphatic carbocycles. The lowest BCUT2D eigenvalue weighted by Gasteiger charge is -2.15. The highest BCUT2D eigenvalue weighted by molar-refractivity contribution is 6.29. The molecule has 2 aromatic heterocycles. The second kappa shape index (κ2) is 4.23. The maximum Gasteiger partial charge on any atom is 0.180 e. The number of nitrogens with zero attached hydrogens (tertiary/aromatic N) is 4. The van der Waals surface area contributed by atoms with Crippen LogP contribution in [0.5, 0.6) is 0 Å². The van der Waals surface area contributed by atoms with Gasteiger partial charge < -0.3 is 4.74 Å². The lowest BCUT2D eigenvalue weighted by atomic mass is 9.99. The number of aromatic nitrogens is 4. The van der Waals surface area contributed by atoms with Crippen LogP contribution in [0.15, 0.2) is 12.4 Å². The third-order valence-electron chi connectivity index (χ3n) is 3.24. The van der Waals surface area contributed by atoms with Crippen molar-refractivity contribution in [2.45, 2.75) is 31.8 Å². The van der Waals surface area contributed by atoms with Gasteiger partial charge in [0.15, 0.2) is 5.65 Å². The molecule has 0 aromatic carbocycles. The van der Waals surface area contributed by atoms with Gasteiger partial charge in [-0.05, 0) is 12.8 Å². The standard InChI is InChI=1S/C11H13ClN4O/c1-2-8-7(3-4-17-8)11-15-14-10-6-13-5-9(12)16(10)11/h5-8H,2-4H2,1H3. The van der Waals surface area contributed by atoms with E-state index in [1.54, 1.807) is 12.4 Å². The second-order valence-corrected chi connectivity index (χ2v) is 4.58. The highest BCUT2D eigenvalue weighted by atomic mass is 35.5. The molecule has 1 aliphatic heterocycles. The van der Waals surface area contributed by atoms with E-state index < -0.39 is 0 Å². The first-order valence-corrected chi connectivity index (χ1v) is 6.15. The van der Waals surface area contributed by atoms with Crippen molar-refractivity contribution in [2.75, 3.05) is 6.61 Å². The second-order valence-electron chi connectivity index (χ2n) is 4.19. The number of hydrogen-bond donors (Lipinski definition) is 0. The molecule has 0 saturated carbocycles. The molecule has 5 nitrogen and oxygen atoms in total. The monoisotopic (exact) mass is 252 g/mol. The summed E-state index contributed by atoms with van der Waals surface area (Å²) < 4.78 is 7.55. The molecule has 3 heterocycles. The van der Waals surface area contributed by atoms with E-state index in [0.29, 0.717) is 10.8 Å². The molecular formula is C11H13ClN4O. The predicted octanol–water partition coefficient (Wildman–Crippen LogP) is 2.06. The molecular weight excluding hydrogens is 240 g/mol. The third kappa shape index (κ3) is 1.70. The summed E-state index contributed by atoms with van der Waals surface area (Å²) in [4.78, 5) is 4.01. The van der Waals surface area contributed by atoms with Gasteiger partial charge in [-0.3, -0.25) is 9.38 Å². The lowest BCUT2D eigenvalue weighted by molar-refractivity contribution is 0.0993. The first-order valence-electron chi connectivity index (χ1n) is 5.77. The van der Waals surface area contributed by atoms with E-state index in [4.69, 9.17) is 16.3 Å². The summed E-state index contributed by atoms with van der Waals surface area (Å²) in [5, 5.41) is 8.89. The first-order chi connectivity index (χ1) is 8.31. The summed E-state index contributed by atoms with van der Waals surface area (Å²) >= 11 is 6.15. The van der Waals surface area contributed by atoms with E-state index >= 15 is 0 Å². The number of halogens is 1. The van der Waals surface area contributed by atoms with Crippen LogP contribution >= 0.6 is 11.6 Å². The molecule has 0 amide bonds. The maximum absolute atomic E-state index is 6.15. The van der Waals surface area contributed by atoms with Crippen molar-refractivity contribution in [3.8, 4) is 0 Å². The minimum absolute atomic E-state index is 0.214. The summed E-state index contributed by atoms with van der Waals surface area (Å²) in [7, 11) is 0. The fraction of sp³-hybridized carbons (Fsp3) is 0.545. The molecule has 1 saturated heterocycles. The molecule has 2 atom stereocenters. The average molecular weight is 253 g/mol. The zero-order chi connectivity index (χ0) is 11.8. The molecule has 0 radical (unpaired) electrons. The van der Waals surface area contributed by atoms with Crippen LogP contribution in [-0.4, -0.2) is 32.3 Å². The van der Waals surface area contributed by atoms with Crippen LogP contribution in [-0.2, 0) is 4.74 Å². The summed E-state index contributed by atoms with van der Waals surface area (Å²) in [5.41, 5.74) is 0.689. The van der Waals surface area contributed by atoms with Gasteiger partial charge in [-0.15, -0.1) is 10.2 Å². The van der Waals surface area contributed by atoms with Crippen molar-refractivity contribution < 1.29 is 4.74 Å². The van der Waals surface area contributed by atoms with E-state index in [9.17, 15) is 0 Å². The van der Waals surface area contributed by atoms with E-state index in [0.717, 1.165) is 25.3 Å². The van der Waals surface area contributed by atoms with Crippen LogP contribution in [0.3, 0.4) is 0 Å². The largest absolute Gasteiger partial charge is 0.377 e. The van der Waals surface area contributed by atoms with Gasteiger partial charge in [-0.1, -0.05) is 18.5 Å². The highest BCUT2D eigenvalue weighted by Crippen LogP contribution is 2.32. The van der Waals surface area contributed by atoms with Crippen molar-refractivity contribution >= 4 is 17.2 Å². The zero-order valence-corrected chi connectivity index (χ0v) is 10.3. The molecule has 3 rings (SSSR count). The minimum Gasteiger partial charge on any atom is -0.377 e. The number of fused-ring (bicyclic) bond motifs is 1. The van der Waals surface area contributed by atoms with Gasteiger partial charge in [0.05, 0.1) is 18.5 Å². The van der Waals surface area contributed by atoms with Crippen molar-refractivity contribution in [3.63, 3.8) is 0 Å². The molecule has 0 spiro atoms. The predicted molar refractivity (Wildman–Crippen MR) is 63.2 cm³/mol. The smallest absolute Gasteiger partial charge is 0.180 e. The summed E-state index contributed by atoms with van der Waals surface area (Å²) in [6.07, 6.45) is 5.43. The average Bonchev–Trinajstić information content (AvgIpc) is 2.94. The molecule has 2 aromatic rings. The molecule has 2 unspecified atom stereocenters. The number of hydrogen-bond acceptors (Lipinski definition) is 4. The molecule has 0 bridgehead atoms. The van der Waals surface area contributed by atoms with Gasteiger partial charge in [0.2, 0.25) is 0 Å². The normalized spacial score (nSPS) is 24.6. The third-order valence-corrected chi connectivity index (χ3v) is 3.51. The van der Waals surface area contributed by atoms with Crippen molar-refractivity contribution in [1.82, 2.24) is 19.6 Å². The quantitative estimate of drug-likeness (QED) is 0.821. The van der Waals surface area contributed by atoms with Gasteiger partial charge in [-0.2, -0.15) is 0 Å². The van der Waals surface area contributed by atoms with Crippen LogP contribution in [0.25, 0.3) is 5.65 Å². The van der Waals surface area contributed by atoms with Crippen LogP contribution in [0.4, 0.5) is 0 Å². The van der Waals surface area contributed by atoms with Crippen molar-refractivity contribution in [2.24, 2.45) is 0 Å². The summed E-state index contributed by atoms with van der Waals surface area (Å²) in [6, 6.07) is 0. The number of ether oxygens (including phenoxy) is 1. The molecule has 1 aliphatic rings. The maximum atomic E-state index is 6.15. The Kier molecular flexibility index (Phi) is 2.72. The topological polar surface area (TPSA) is 52.3 Å². The Morgan fingerprint density at radius 3 is 3.18 bits per heavy atom. The van der Waals surface area contributed by atoms with Gasteiger partial charge in [-0.25, -0.2) is 0 Å². The molecule has 90 valence electrons. The molecule has 0 N–H and O–H groups in total. The first kappa shape index (κ1) is 10.9. The Morgan fingerprint density at radius 1 is 1.47 bits per heavy atom. The van der Waals surface area contributed by atoms with Gasteiger partial charge in [0, 0.05) is 12.5 Å². The van der Waals surface area contributed by atoms with E-state index in [2.05, 4.69) is 22.1 Å². The fourth-order valence-corrected chi connectivity index (χ4v) is 2.65. The lowest BCUT2D eigenvalue weighted by Crippen LogP contribution is -2.16. The zero-order valence-electron chi connectivity index (χ0n) is 9.51. The summed E-state index contributed by atoms with van der Waals surface area (Å²) in [5.74, 6) is 1.16. The number of rotatable bonds is 2. The minimum atomic E-state index is 0.214. The Bertz CT molecular complexity index is 541. The Balaban J connectivity index is 2.11. The van der Waals surface area contributed by atoms with Gasteiger partial charge >= 0.3 is 0 Å². The van der Waals surface area contributed by atoms with E-state index in [1.807, 2.05) is 4.40 Å². The van der Waals surface area contributed by atoms with Gasteiger partial charge in [0.25, 0.3) is 0 Å². The highest BCUT2D eigenvalue weighted by Gasteiger charge is 2.32. The van der Waals surface area contributed by atoms with Crippen LogP contribution < -0.4 is 0 Å². The molecule has 6 heteroatoms. The molecule has 1 fully saturated rings. The Labute approximate surface area is 104 Å². The SMILES string of the molecule is CCC1OCCC1c1nnc2cncc(Cl)n12. The van der Waals surface area contributed by atoms with Crippen LogP contribution in [0.1, 0.15) is 31.5 Å². The van der Waals surface area contributed by atoms with Crippen LogP contribution in [0, 0.1) is 0 Å². The van der Waals surface area contributed by atoms with Crippen molar-refractivity contribution in [1.29, 1.82) is 0 Å². The van der Waals surface area contributed by atoms with E-state index in [-0.39, 0.29) is 12.0 Å². The Hall–Kier alpha value is -1.20. The Morgan fingerprint density at radius 2 is 2.35 bits per heavy atom. The van der Waals surface area contributed by atoms with Gasteiger partial charge in [0.1, 0.15) is 11.0 Å². The fourth-order valence-electron chi connectivity index (χ4n) is 2.42. The van der Waals surface area contributed by atoms with Crippen LogP contribution in [0.2, 0.25) is 5.15 Å². The van der Waals surface area contributed by atoms with E-state index in [1.165, 1.54) is 0 Å². The van der Waals surface area contributed by atoms with Crippen molar-refractivity contribution in [3.05, 3.63) is 23.4 Å².